The van der Waals surface area contributed by atoms with Gasteiger partial charge < -0.3 is 4.42 Å². The van der Waals surface area contributed by atoms with Crippen molar-refractivity contribution < 1.29 is 4.42 Å². The lowest BCUT2D eigenvalue weighted by Gasteiger charge is -2.12. The van der Waals surface area contributed by atoms with Gasteiger partial charge in [-0.2, -0.15) is 0 Å². The van der Waals surface area contributed by atoms with Gasteiger partial charge in [0.05, 0.1) is 16.8 Å². The standard InChI is InChI=1S/C46H28N2O/c1-2-11-29(12-3-1)32-17-10-18-36(26-32)44-38-19-8-9-20-41(38)47-46(48-44)39-24-23-37(35-22-21-30-13-4-5-14-31(30)25-35)43-40-27-33-15-6-7-16-34(33)28-42(40)49-45(39)43/h1-28H. The Balaban J connectivity index is 1.24. The Hall–Kier alpha value is -6.58. The number of aromatic nitrogens is 2. The Kier molecular flexibility index (Phi) is 6.18. The molecule has 0 spiro atoms. The largest absolute Gasteiger partial charge is 0.455 e. The van der Waals surface area contributed by atoms with Gasteiger partial charge in [-0.3, -0.25) is 0 Å². The molecule has 0 atom stereocenters. The zero-order chi connectivity index (χ0) is 32.3. The van der Waals surface area contributed by atoms with Gasteiger partial charge in [-0.25, -0.2) is 9.97 Å². The Labute approximate surface area is 282 Å². The number of nitrogens with zero attached hydrogens (tertiary/aromatic N) is 2. The molecule has 10 rings (SSSR count). The van der Waals surface area contributed by atoms with Crippen molar-refractivity contribution in [2.24, 2.45) is 0 Å². The average molecular weight is 625 g/mol. The minimum absolute atomic E-state index is 0.637. The number of para-hydroxylation sites is 1. The molecular formula is C46H28N2O. The number of rotatable bonds is 4. The normalized spacial score (nSPS) is 11.7. The number of benzene rings is 8. The molecule has 0 aliphatic heterocycles. The molecule has 3 heteroatoms. The van der Waals surface area contributed by atoms with E-state index in [-0.39, 0.29) is 0 Å². The third-order valence-electron chi connectivity index (χ3n) is 9.63. The fourth-order valence-corrected chi connectivity index (χ4v) is 7.23. The highest BCUT2D eigenvalue weighted by molar-refractivity contribution is 6.19. The van der Waals surface area contributed by atoms with Crippen molar-refractivity contribution in [3.8, 4) is 44.9 Å². The van der Waals surface area contributed by atoms with Crippen LogP contribution >= 0.6 is 0 Å². The first-order valence-corrected chi connectivity index (χ1v) is 16.6. The molecule has 0 aliphatic carbocycles. The minimum atomic E-state index is 0.637. The van der Waals surface area contributed by atoms with Crippen molar-refractivity contribution in [1.29, 1.82) is 0 Å². The Bertz CT molecular complexity index is 2890. The molecule has 0 amide bonds. The molecule has 0 unspecified atom stereocenters. The van der Waals surface area contributed by atoms with Gasteiger partial charge >= 0.3 is 0 Å². The van der Waals surface area contributed by atoms with Gasteiger partial charge in [0.25, 0.3) is 0 Å². The SMILES string of the molecule is c1ccc(-c2cccc(-c3nc(-c4ccc(-c5ccc6ccccc6c5)c5c4oc4cc6ccccc6cc45)nc4ccccc34)c2)cc1. The van der Waals surface area contributed by atoms with Gasteiger partial charge in [-0.05, 0) is 80.2 Å². The van der Waals surface area contributed by atoms with Crippen LogP contribution < -0.4 is 0 Å². The van der Waals surface area contributed by atoms with E-state index in [1.165, 1.54) is 21.7 Å². The van der Waals surface area contributed by atoms with Crippen LogP contribution in [0.5, 0.6) is 0 Å². The molecule has 3 nitrogen and oxygen atoms in total. The monoisotopic (exact) mass is 624 g/mol. The highest BCUT2D eigenvalue weighted by Gasteiger charge is 2.21. The first kappa shape index (κ1) is 27.5. The quantitative estimate of drug-likeness (QED) is 0.196. The van der Waals surface area contributed by atoms with Crippen LogP contribution in [0.3, 0.4) is 0 Å². The molecule has 8 aromatic carbocycles. The summed E-state index contributed by atoms with van der Waals surface area (Å²) in [6.07, 6.45) is 0. The third kappa shape index (κ3) is 4.59. The van der Waals surface area contributed by atoms with E-state index in [4.69, 9.17) is 14.4 Å². The molecule has 0 fully saturated rings. The number of furan rings is 1. The Morgan fingerprint density at radius 3 is 1.92 bits per heavy atom. The molecule has 0 N–H and O–H groups in total. The summed E-state index contributed by atoms with van der Waals surface area (Å²) in [4.78, 5) is 10.5. The molecule has 228 valence electrons. The lowest BCUT2D eigenvalue weighted by Crippen LogP contribution is -1.96. The summed E-state index contributed by atoms with van der Waals surface area (Å²) in [6.45, 7) is 0. The Morgan fingerprint density at radius 2 is 1.06 bits per heavy atom. The number of hydrogen-bond donors (Lipinski definition) is 0. The van der Waals surface area contributed by atoms with Crippen LogP contribution in [0, 0.1) is 0 Å². The number of hydrogen-bond acceptors (Lipinski definition) is 3. The van der Waals surface area contributed by atoms with E-state index in [2.05, 4.69) is 158 Å². The first-order valence-electron chi connectivity index (χ1n) is 16.6. The van der Waals surface area contributed by atoms with Crippen molar-refractivity contribution in [1.82, 2.24) is 9.97 Å². The van der Waals surface area contributed by atoms with E-state index >= 15 is 0 Å². The fourth-order valence-electron chi connectivity index (χ4n) is 7.23. The minimum Gasteiger partial charge on any atom is -0.455 e. The molecule has 49 heavy (non-hydrogen) atoms. The van der Waals surface area contributed by atoms with Crippen LogP contribution in [0.15, 0.2) is 174 Å². The van der Waals surface area contributed by atoms with Crippen LogP contribution in [0.1, 0.15) is 0 Å². The van der Waals surface area contributed by atoms with Crippen molar-refractivity contribution >= 4 is 54.4 Å². The van der Waals surface area contributed by atoms with Gasteiger partial charge in [-0.15, -0.1) is 0 Å². The van der Waals surface area contributed by atoms with Crippen molar-refractivity contribution in [2.45, 2.75) is 0 Å². The van der Waals surface area contributed by atoms with Crippen LogP contribution in [0.4, 0.5) is 0 Å². The van der Waals surface area contributed by atoms with E-state index in [1.54, 1.807) is 0 Å². The molecule has 0 saturated heterocycles. The fraction of sp³-hybridized carbons (Fsp3) is 0. The molecule has 2 heterocycles. The van der Waals surface area contributed by atoms with Crippen LogP contribution in [0.2, 0.25) is 0 Å². The lowest BCUT2D eigenvalue weighted by molar-refractivity contribution is 0.670. The van der Waals surface area contributed by atoms with Crippen molar-refractivity contribution in [2.75, 3.05) is 0 Å². The molecule has 0 bridgehead atoms. The molecule has 0 aliphatic rings. The summed E-state index contributed by atoms with van der Waals surface area (Å²) in [5, 5.41) is 7.90. The van der Waals surface area contributed by atoms with Gasteiger partial charge in [0.1, 0.15) is 11.2 Å². The maximum atomic E-state index is 6.85. The second-order valence-electron chi connectivity index (χ2n) is 12.6. The Morgan fingerprint density at radius 1 is 0.388 bits per heavy atom. The maximum Gasteiger partial charge on any atom is 0.164 e. The zero-order valence-corrected chi connectivity index (χ0v) is 26.5. The van der Waals surface area contributed by atoms with E-state index in [1.807, 2.05) is 12.1 Å². The van der Waals surface area contributed by atoms with Crippen LogP contribution in [0.25, 0.3) is 99.3 Å². The summed E-state index contributed by atoms with van der Waals surface area (Å²) in [5.41, 5.74) is 9.91. The van der Waals surface area contributed by atoms with E-state index in [0.29, 0.717) is 5.82 Å². The van der Waals surface area contributed by atoms with Crippen molar-refractivity contribution in [3.05, 3.63) is 170 Å². The molecule has 0 radical (unpaired) electrons. The first-order chi connectivity index (χ1) is 24.3. The topological polar surface area (TPSA) is 38.9 Å². The average Bonchev–Trinajstić information content (AvgIpc) is 3.54. The van der Waals surface area contributed by atoms with Gasteiger partial charge in [0.2, 0.25) is 0 Å². The van der Waals surface area contributed by atoms with E-state index < -0.39 is 0 Å². The van der Waals surface area contributed by atoms with Crippen LogP contribution in [-0.4, -0.2) is 9.97 Å². The van der Waals surface area contributed by atoms with Crippen LogP contribution in [-0.2, 0) is 0 Å². The summed E-state index contributed by atoms with van der Waals surface area (Å²) >= 11 is 0. The van der Waals surface area contributed by atoms with Gasteiger partial charge in [0, 0.05) is 21.7 Å². The summed E-state index contributed by atoms with van der Waals surface area (Å²) < 4.78 is 6.85. The molecular weight excluding hydrogens is 597 g/mol. The molecule has 10 aromatic rings. The highest BCUT2D eigenvalue weighted by Crippen LogP contribution is 2.43. The van der Waals surface area contributed by atoms with Gasteiger partial charge in [-0.1, -0.05) is 133 Å². The molecule has 2 aromatic heterocycles. The second-order valence-corrected chi connectivity index (χ2v) is 12.6. The van der Waals surface area contributed by atoms with Gasteiger partial charge in [0.15, 0.2) is 5.82 Å². The predicted octanol–water partition coefficient (Wildman–Crippen LogP) is 12.5. The smallest absolute Gasteiger partial charge is 0.164 e. The lowest BCUT2D eigenvalue weighted by atomic mass is 9.94. The number of fused-ring (bicyclic) bond motifs is 6. The maximum absolute atomic E-state index is 6.85. The summed E-state index contributed by atoms with van der Waals surface area (Å²) in [5.74, 6) is 0.637. The second kappa shape index (κ2) is 11.0. The predicted molar refractivity (Wildman–Crippen MR) is 204 cm³/mol. The van der Waals surface area contributed by atoms with E-state index in [9.17, 15) is 0 Å². The van der Waals surface area contributed by atoms with E-state index in [0.717, 1.165) is 71.7 Å². The zero-order valence-electron chi connectivity index (χ0n) is 26.5. The highest BCUT2D eigenvalue weighted by atomic mass is 16.3. The molecule has 0 saturated carbocycles. The summed E-state index contributed by atoms with van der Waals surface area (Å²) in [6, 6.07) is 59.7. The summed E-state index contributed by atoms with van der Waals surface area (Å²) in [7, 11) is 0. The van der Waals surface area contributed by atoms with Crippen molar-refractivity contribution in [3.63, 3.8) is 0 Å². The third-order valence-corrected chi connectivity index (χ3v) is 9.63.